The maximum atomic E-state index is 5.95. The average Bonchev–Trinajstić information content (AvgIpc) is 2.86. The highest BCUT2D eigenvalue weighted by Crippen LogP contribution is 2.40. The van der Waals surface area contributed by atoms with Crippen molar-refractivity contribution in [1.82, 2.24) is 10.2 Å². The molecule has 2 aliphatic heterocycles. The third-order valence-corrected chi connectivity index (χ3v) is 3.03. The summed E-state index contributed by atoms with van der Waals surface area (Å²) in [5, 5.41) is 7.73. The first-order chi connectivity index (χ1) is 7.29. The largest absolute Gasteiger partial charge is 0.480 e. The van der Waals surface area contributed by atoms with Crippen molar-refractivity contribution < 1.29 is 4.74 Å². The van der Waals surface area contributed by atoms with Gasteiger partial charge >= 0.3 is 0 Å². The average molecular weight is 204 g/mol. The highest BCUT2D eigenvalue weighted by Gasteiger charge is 2.42. The zero-order valence-corrected chi connectivity index (χ0v) is 8.42. The first-order valence-electron chi connectivity index (χ1n) is 4.91. The molecular formula is C10H12N4O. The summed E-state index contributed by atoms with van der Waals surface area (Å²) in [4.78, 5) is 2.17. The molecule has 4 rings (SSSR count). The van der Waals surface area contributed by atoms with E-state index in [0.717, 1.165) is 12.2 Å². The molecular weight excluding hydrogens is 192 g/mol. The summed E-state index contributed by atoms with van der Waals surface area (Å²) in [6.45, 7) is 0.950. The summed E-state index contributed by atoms with van der Waals surface area (Å²) < 4.78 is 5.04. The Bertz CT molecular complexity index is 431. The standard InChI is InChI=1S/C10H12N4O/c1-15-9-3-7(4-12-13-9)14-5-6-2-8(14)10(6)11/h2-4,6,10H,5,11H2,1H3. The summed E-state index contributed by atoms with van der Waals surface area (Å²) in [7, 11) is 1.59. The van der Waals surface area contributed by atoms with Crippen LogP contribution < -0.4 is 15.4 Å². The van der Waals surface area contributed by atoms with Crippen LogP contribution in [0.3, 0.4) is 0 Å². The quantitative estimate of drug-likeness (QED) is 0.742. The Hall–Kier alpha value is -1.62. The lowest BCUT2D eigenvalue weighted by Gasteiger charge is -2.23. The predicted octanol–water partition coefficient (Wildman–Crippen LogP) is 0.146. The number of hydrogen-bond donors (Lipinski definition) is 1. The molecule has 2 N–H and O–H groups in total. The number of rotatable bonds is 2. The number of nitrogens with two attached hydrogens (primary N) is 1. The van der Waals surface area contributed by atoms with Crippen LogP contribution in [0.1, 0.15) is 0 Å². The Kier molecular flexibility index (Phi) is 1.70. The van der Waals surface area contributed by atoms with E-state index in [1.807, 2.05) is 6.07 Å². The number of ether oxygens (including phenoxy) is 1. The molecule has 0 spiro atoms. The lowest BCUT2D eigenvalue weighted by Crippen LogP contribution is -2.34. The van der Waals surface area contributed by atoms with E-state index in [-0.39, 0.29) is 6.04 Å². The first kappa shape index (κ1) is 8.67. The van der Waals surface area contributed by atoms with E-state index in [1.54, 1.807) is 13.3 Å². The second-order valence-corrected chi connectivity index (χ2v) is 3.85. The van der Waals surface area contributed by atoms with Crippen LogP contribution in [0.4, 0.5) is 5.69 Å². The molecule has 1 aromatic rings. The van der Waals surface area contributed by atoms with Crippen molar-refractivity contribution in [2.45, 2.75) is 6.04 Å². The van der Waals surface area contributed by atoms with Crippen molar-refractivity contribution in [3.63, 3.8) is 0 Å². The lowest BCUT2D eigenvalue weighted by molar-refractivity contribution is 0.392. The van der Waals surface area contributed by atoms with E-state index in [4.69, 9.17) is 10.5 Å². The predicted molar refractivity (Wildman–Crippen MR) is 55.5 cm³/mol. The lowest BCUT2D eigenvalue weighted by atomic mass is 9.92. The van der Waals surface area contributed by atoms with Crippen LogP contribution in [0.5, 0.6) is 5.88 Å². The molecule has 1 fully saturated rings. The Morgan fingerprint density at radius 3 is 3.07 bits per heavy atom. The Morgan fingerprint density at radius 1 is 1.60 bits per heavy atom. The molecule has 2 bridgehead atoms. The van der Waals surface area contributed by atoms with Gasteiger partial charge < -0.3 is 15.4 Å². The molecule has 1 saturated heterocycles. The summed E-state index contributed by atoms with van der Waals surface area (Å²) in [5.41, 5.74) is 8.14. The summed E-state index contributed by atoms with van der Waals surface area (Å²) >= 11 is 0. The summed E-state index contributed by atoms with van der Waals surface area (Å²) in [5.74, 6) is 1.03. The fourth-order valence-corrected chi connectivity index (χ4v) is 2.13. The molecule has 2 unspecified atom stereocenters. The second-order valence-electron chi connectivity index (χ2n) is 3.85. The molecule has 15 heavy (non-hydrogen) atoms. The summed E-state index contributed by atoms with van der Waals surface area (Å²) in [6.07, 6.45) is 3.94. The Labute approximate surface area is 87.5 Å². The Balaban J connectivity index is 1.91. The van der Waals surface area contributed by atoms with Gasteiger partial charge in [0.05, 0.1) is 25.0 Å². The van der Waals surface area contributed by atoms with E-state index in [2.05, 4.69) is 21.2 Å². The van der Waals surface area contributed by atoms with Gasteiger partial charge in [-0.25, -0.2) is 0 Å². The number of hydrogen-bond acceptors (Lipinski definition) is 5. The maximum Gasteiger partial charge on any atom is 0.235 e. The number of methoxy groups -OCH3 is 1. The van der Waals surface area contributed by atoms with Gasteiger partial charge in [0.25, 0.3) is 0 Å². The number of aromatic nitrogens is 2. The van der Waals surface area contributed by atoms with Gasteiger partial charge in [0.2, 0.25) is 5.88 Å². The second kappa shape index (κ2) is 2.93. The Morgan fingerprint density at radius 2 is 2.47 bits per heavy atom. The van der Waals surface area contributed by atoms with Crippen molar-refractivity contribution in [2.24, 2.45) is 11.7 Å². The topological polar surface area (TPSA) is 64.3 Å². The normalized spacial score (nSPS) is 27.3. The number of fused-ring (bicyclic) bond motifs is 1. The number of nitrogens with zero attached hydrogens (tertiary/aromatic N) is 3. The van der Waals surface area contributed by atoms with Crippen LogP contribution in [0, 0.1) is 5.92 Å². The fraction of sp³-hybridized carbons (Fsp3) is 0.400. The van der Waals surface area contributed by atoms with Gasteiger partial charge in [-0.2, -0.15) is 5.10 Å². The molecule has 0 aromatic carbocycles. The van der Waals surface area contributed by atoms with Crippen LogP contribution >= 0.6 is 0 Å². The van der Waals surface area contributed by atoms with E-state index in [0.29, 0.717) is 11.8 Å². The van der Waals surface area contributed by atoms with E-state index < -0.39 is 0 Å². The molecule has 0 saturated carbocycles. The van der Waals surface area contributed by atoms with Crippen LogP contribution in [-0.4, -0.2) is 29.9 Å². The van der Waals surface area contributed by atoms with Crippen LogP contribution in [0.25, 0.3) is 0 Å². The van der Waals surface area contributed by atoms with Crippen molar-refractivity contribution in [3.8, 4) is 5.88 Å². The minimum absolute atomic E-state index is 0.198. The van der Waals surface area contributed by atoms with Crippen LogP contribution in [0.2, 0.25) is 0 Å². The summed E-state index contributed by atoms with van der Waals surface area (Å²) in [6, 6.07) is 2.07. The zero-order chi connectivity index (χ0) is 10.4. The van der Waals surface area contributed by atoms with Crippen molar-refractivity contribution in [3.05, 3.63) is 24.0 Å². The highest BCUT2D eigenvalue weighted by atomic mass is 16.5. The first-order valence-corrected chi connectivity index (χ1v) is 4.91. The molecule has 3 aliphatic rings. The minimum Gasteiger partial charge on any atom is -0.480 e. The molecule has 3 heterocycles. The van der Waals surface area contributed by atoms with Crippen molar-refractivity contribution >= 4 is 5.69 Å². The number of anilines is 1. The van der Waals surface area contributed by atoms with Gasteiger partial charge in [0, 0.05) is 24.2 Å². The molecule has 78 valence electrons. The van der Waals surface area contributed by atoms with Gasteiger partial charge in [0.15, 0.2) is 0 Å². The van der Waals surface area contributed by atoms with E-state index in [1.165, 1.54) is 5.70 Å². The van der Waals surface area contributed by atoms with Gasteiger partial charge in [-0.1, -0.05) is 6.08 Å². The van der Waals surface area contributed by atoms with E-state index in [9.17, 15) is 0 Å². The third-order valence-electron chi connectivity index (χ3n) is 3.03. The smallest absolute Gasteiger partial charge is 0.235 e. The van der Waals surface area contributed by atoms with Gasteiger partial charge in [-0.3, -0.25) is 0 Å². The van der Waals surface area contributed by atoms with Gasteiger partial charge in [-0.15, -0.1) is 5.10 Å². The maximum absolute atomic E-state index is 5.95. The highest BCUT2D eigenvalue weighted by molar-refractivity contribution is 5.60. The van der Waals surface area contributed by atoms with Crippen LogP contribution in [0.15, 0.2) is 24.0 Å². The van der Waals surface area contributed by atoms with Gasteiger partial charge in [-0.05, 0) is 0 Å². The van der Waals surface area contributed by atoms with Gasteiger partial charge in [0.1, 0.15) is 0 Å². The third kappa shape index (κ3) is 1.13. The monoisotopic (exact) mass is 204 g/mol. The molecule has 1 aromatic heterocycles. The molecule has 5 nitrogen and oxygen atoms in total. The SMILES string of the molecule is COc1cc(N2CC3C=C2C3N)cnn1. The van der Waals surface area contributed by atoms with Crippen molar-refractivity contribution in [2.75, 3.05) is 18.6 Å². The molecule has 1 aliphatic carbocycles. The molecule has 0 amide bonds. The zero-order valence-electron chi connectivity index (χ0n) is 8.42. The van der Waals surface area contributed by atoms with Crippen LogP contribution in [-0.2, 0) is 0 Å². The van der Waals surface area contributed by atoms with E-state index >= 15 is 0 Å². The van der Waals surface area contributed by atoms with Crippen molar-refractivity contribution in [1.29, 1.82) is 0 Å². The molecule has 0 radical (unpaired) electrons. The molecule has 5 heteroatoms. The minimum atomic E-state index is 0.198. The molecule has 2 atom stereocenters. The fourth-order valence-electron chi connectivity index (χ4n) is 2.13.